The quantitative estimate of drug-likeness (QED) is 0.684. The Labute approximate surface area is 93.3 Å². The number of nitrogen functional groups attached to an aromatic ring is 1. The first kappa shape index (κ1) is 11.9. The van der Waals surface area contributed by atoms with Gasteiger partial charge in [0.1, 0.15) is 0 Å². The summed E-state index contributed by atoms with van der Waals surface area (Å²) in [6, 6.07) is 2.78. The third kappa shape index (κ3) is 2.89. The van der Waals surface area contributed by atoms with Gasteiger partial charge in [-0.15, -0.1) is 0 Å². The van der Waals surface area contributed by atoms with Crippen LogP contribution in [-0.4, -0.2) is 12.4 Å². The van der Waals surface area contributed by atoms with Gasteiger partial charge in [0.15, 0.2) is 11.5 Å². The highest BCUT2D eigenvalue weighted by molar-refractivity contribution is 9.10. The molecule has 0 amide bonds. The first-order chi connectivity index (χ1) is 6.91. The van der Waals surface area contributed by atoms with Crippen molar-refractivity contribution in [2.24, 2.45) is 0 Å². The molecule has 6 heteroatoms. The Kier molecular flexibility index (Phi) is 3.62. The molecular formula is C9H8BrF2NO2. The molecule has 0 unspecified atom stereocenters. The molecule has 2 N–H and O–H groups in total. The van der Waals surface area contributed by atoms with Gasteiger partial charge in [0.05, 0.1) is 11.3 Å². The summed E-state index contributed by atoms with van der Waals surface area (Å²) in [6.45, 7) is -1.76. The summed E-state index contributed by atoms with van der Waals surface area (Å²) in [5, 5.41) is 0. The third-order valence-electron chi connectivity index (χ3n) is 1.67. The molecule has 82 valence electrons. The lowest BCUT2D eigenvalue weighted by Crippen LogP contribution is -2.09. The molecule has 0 heterocycles. The minimum Gasteiger partial charge on any atom is -0.432 e. The maximum absolute atomic E-state index is 12.0. The van der Waals surface area contributed by atoms with Crippen molar-refractivity contribution >= 4 is 27.4 Å². The number of hydrogen-bond acceptors (Lipinski definition) is 3. The molecule has 0 saturated carbocycles. The fourth-order valence-corrected chi connectivity index (χ4v) is 1.57. The van der Waals surface area contributed by atoms with Gasteiger partial charge in [-0.25, -0.2) is 0 Å². The van der Waals surface area contributed by atoms with Gasteiger partial charge in [0.2, 0.25) is 0 Å². The number of hydrogen-bond donors (Lipinski definition) is 1. The molecule has 0 aliphatic rings. The second kappa shape index (κ2) is 4.57. The summed E-state index contributed by atoms with van der Waals surface area (Å²) in [7, 11) is 0. The Morgan fingerprint density at radius 2 is 2.13 bits per heavy atom. The molecule has 1 aromatic rings. The molecule has 0 radical (unpaired) electrons. The second-order valence-electron chi connectivity index (χ2n) is 2.81. The van der Waals surface area contributed by atoms with Gasteiger partial charge in [0.25, 0.3) is 0 Å². The molecule has 0 aliphatic carbocycles. The Hall–Kier alpha value is -1.17. The van der Waals surface area contributed by atoms with Crippen LogP contribution < -0.4 is 10.5 Å². The number of ether oxygens (including phenoxy) is 1. The van der Waals surface area contributed by atoms with E-state index in [2.05, 4.69) is 20.7 Å². The summed E-state index contributed by atoms with van der Waals surface area (Å²) < 4.78 is 28.8. The first-order valence-electron chi connectivity index (χ1n) is 3.96. The van der Waals surface area contributed by atoms with E-state index in [1.54, 1.807) is 0 Å². The number of anilines is 1. The number of benzene rings is 1. The minimum absolute atomic E-state index is 0.00475. The highest BCUT2D eigenvalue weighted by atomic mass is 79.9. The van der Waals surface area contributed by atoms with Crippen molar-refractivity contribution < 1.29 is 18.3 Å². The lowest BCUT2D eigenvalue weighted by atomic mass is 10.1. The molecule has 0 spiro atoms. The van der Waals surface area contributed by atoms with Gasteiger partial charge in [-0.3, -0.25) is 4.79 Å². The van der Waals surface area contributed by atoms with Crippen LogP contribution in [0.5, 0.6) is 5.75 Å². The smallest absolute Gasteiger partial charge is 0.387 e. The van der Waals surface area contributed by atoms with E-state index < -0.39 is 12.4 Å². The number of nitrogens with two attached hydrogens (primary N) is 1. The third-order valence-corrected chi connectivity index (χ3v) is 2.13. The zero-order valence-corrected chi connectivity index (χ0v) is 9.35. The van der Waals surface area contributed by atoms with Gasteiger partial charge in [0, 0.05) is 4.47 Å². The van der Waals surface area contributed by atoms with Crippen LogP contribution in [0.15, 0.2) is 16.6 Å². The maximum atomic E-state index is 12.0. The topological polar surface area (TPSA) is 52.3 Å². The van der Waals surface area contributed by atoms with E-state index in [0.717, 1.165) is 0 Å². The van der Waals surface area contributed by atoms with E-state index in [9.17, 15) is 13.6 Å². The average Bonchev–Trinajstić information content (AvgIpc) is 2.08. The lowest BCUT2D eigenvalue weighted by molar-refractivity contribution is -0.0496. The number of Topliss-reactive ketones (excluding diaryl/α,β-unsaturated/α-hetero) is 1. The summed E-state index contributed by atoms with van der Waals surface area (Å²) in [4.78, 5) is 11.2. The molecule has 0 saturated heterocycles. The van der Waals surface area contributed by atoms with Crippen molar-refractivity contribution in [1.29, 1.82) is 0 Å². The van der Waals surface area contributed by atoms with Crippen LogP contribution in [0.2, 0.25) is 0 Å². The van der Waals surface area contributed by atoms with Gasteiger partial charge < -0.3 is 10.5 Å². The van der Waals surface area contributed by atoms with Crippen LogP contribution in [0.1, 0.15) is 17.3 Å². The van der Waals surface area contributed by atoms with E-state index in [-0.39, 0.29) is 17.0 Å². The summed E-state index contributed by atoms with van der Waals surface area (Å²) >= 11 is 3.11. The zero-order valence-electron chi connectivity index (χ0n) is 7.76. The van der Waals surface area contributed by atoms with Crippen molar-refractivity contribution in [3.8, 4) is 5.75 Å². The first-order valence-corrected chi connectivity index (χ1v) is 4.76. The fourth-order valence-electron chi connectivity index (χ4n) is 1.10. The van der Waals surface area contributed by atoms with Crippen molar-refractivity contribution in [2.75, 3.05) is 5.73 Å². The highest BCUT2D eigenvalue weighted by Gasteiger charge is 2.16. The Balaban J connectivity index is 3.27. The van der Waals surface area contributed by atoms with Crippen molar-refractivity contribution in [3.05, 3.63) is 22.2 Å². The number of carbonyl (C=O) groups excluding carboxylic acids is 1. The molecule has 1 aromatic carbocycles. The monoisotopic (exact) mass is 279 g/mol. The molecular weight excluding hydrogens is 272 g/mol. The van der Waals surface area contributed by atoms with E-state index in [1.807, 2.05) is 0 Å². The van der Waals surface area contributed by atoms with E-state index in [1.165, 1.54) is 19.1 Å². The van der Waals surface area contributed by atoms with Crippen LogP contribution in [-0.2, 0) is 0 Å². The van der Waals surface area contributed by atoms with Gasteiger partial charge >= 0.3 is 6.61 Å². The van der Waals surface area contributed by atoms with E-state index in [0.29, 0.717) is 4.47 Å². The molecule has 15 heavy (non-hydrogen) atoms. The standard InChI is InChI=1S/C9H8BrF2NO2/c1-4(14)6-2-5(10)3-7(13)8(6)15-9(11)12/h2-3,9H,13H2,1H3. The number of ketones is 1. The molecule has 1 rings (SSSR count). The molecule has 0 atom stereocenters. The fraction of sp³-hybridized carbons (Fsp3) is 0.222. The number of alkyl halides is 2. The van der Waals surface area contributed by atoms with Crippen LogP contribution in [0, 0.1) is 0 Å². The SMILES string of the molecule is CC(=O)c1cc(Br)cc(N)c1OC(F)F. The van der Waals surface area contributed by atoms with Gasteiger partial charge in [-0.2, -0.15) is 8.78 Å². The number of carbonyl (C=O) groups is 1. The van der Waals surface area contributed by atoms with Crippen LogP contribution in [0.25, 0.3) is 0 Å². The van der Waals surface area contributed by atoms with Crippen molar-refractivity contribution in [2.45, 2.75) is 13.5 Å². The maximum Gasteiger partial charge on any atom is 0.387 e. The van der Waals surface area contributed by atoms with Crippen LogP contribution >= 0.6 is 15.9 Å². The number of halogens is 3. The normalized spacial score (nSPS) is 10.5. The molecule has 0 bridgehead atoms. The molecule has 0 aliphatic heterocycles. The highest BCUT2D eigenvalue weighted by Crippen LogP contribution is 2.32. The van der Waals surface area contributed by atoms with Gasteiger partial charge in [-0.1, -0.05) is 15.9 Å². The molecule has 3 nitrogen and oxygen atoms in total. The van der Waals surface area contributed by atoms with Crippen molar-refractivity contribution in [1.82, 2.24) is 0 Å². The minimum atomic E-state index is -3.01. The van der Waals surface area contributed by atoms with Crippen molar-refractivity contribution in [3.63, 3.8) is 0 Å². The van der Waals surface area contributed by atoms with Gasteiger partial charge in [-0.05, 0) is 19.1 Å². The molecule has 0 aromatic heterocycles. The second-order valence-corrected chi connectivity index (χ2v) is 3.72. The van der Waals surface area contributed by atoms with E-state index in [4.69, 9.17) is 5.73 Å². The predicted octanol–water partition coefficient (Wildman–Crippen LogP) is 2.84. The van der Waals surface area contributed by atoms with Crippen LogP contribution in [0.3, 0.4) is 0 Å². The summed E-state index contributed by atoms with van der Waals surface area (Å²) in [5.41, 5.74) is 5.49. The van der Waals surface area contributed by atoms with E-state index >= 15 is 0 Å². The lowest BCUT2D eigenvalue weighted by Gasteiger charge is -2.11. The Morgan fingerprint density at radius 1 is 1.53 bits per heavy atom. The Bertz CT molecular complexity index is 396. The average molecular weight is 280 g/mol. The largest absolute Gasteiger partial charge is 0.432 e. The predicted molar refractivity (Wildman–Crippen MR) is 55.2 cm³/mol. The summed E-state index contributed by atoms with van der Waals surface area (Å²) in [6.07, 6.45) is 0. The summed E-state index contributed by atoms with van der Waals surface area (Å²) in [5.74, 6) is -0.667. The van der Waals surface area contributed by atoms with Crippen LogP contribution in [0.4, 0.5) is 14.5 Å². The molecule has 0 fully saturated rings. The Morgan fingerprint density at radius 3 is 2.60 bits per heavy atom. The zero-order chi connectivity index (χ0) is 11.6. The number of rotatable bonds is 3.